The molecule has 7 nitrogen and oxygen atoms in total. The average Bonchev–Trinajstić information content (AvgIpc) is 2.60. The molecule has 0 saturated heterocycles. The van der Waals surface area contributed by atoms with E-state index >= 15 is 0 Å². The van der Waals surface area contributed by atoms with Crippen LogP contribution in [-0.2, 0) is 17.8 Å². The van der Waals surface area contributed by atoms with Crippen molar-refractivity contribution in [2.24, 2.45) is 0 Å². The van der Waals surface area contributed by atoms with Gasteiger partial charge < -0.3 is 10.6 Å². The Bertz CT molecular complexity index is 904. The van der Waals surface area contributed by atoms with Crippen molar-refractivity contribution < 1.29 is 9.18 Å². The summed E-state index contributed by atoms with van der Waals surface area (Å²) in [6, 6.07) is 6.20. The molecule has 8 heteroatoms. The predicted octanol–water partition coefficient (Wildman–Crippen LogP) is 1.65. The normalized spacial score (nSPS) is 10.7. The molecule has 1 amide bonds. The van der Waals surface area contributed by atoms with Gasteiger partial charge in [0.1, 0.15) is 11.6 Å². The van der Waals surface area contributed by atoms with Crippen molar-refractivity contribution in [2.75, 3.05) is 17.7 Å². The van der Waals surface area contributed by atoms with Crippen LogP contribution in [0.3, 0.4) is 0 Å². The number of nitrogens with zero attached hydrogens (tertiary/aromatic N) is 2. The quantitative estimate of drug-likeness (QED) is 0.782. The number of nitrogens with one attached hydrogen (secondary N) is 1. The van der Waals surface area contributed by atoms with Crippen molar-refractivity contribution >= 4 is 17.4 Å². The van der Waals surface area contributed by atoms with Crippen molar-refractivity contribution in [1.82, 2.24) is 9.55 Å². The molecule has 0 radical (unpaired) electrons. The lowest BCUT2D eigenvalue weighted by Gasteiger charge is -2.20. The number of carbonyl (C=O) groups excluding carboxylic acids is 1. The number of halogens is 1. The van der Waals surface area contributed by atoms with E-state index in [1.165, 1.54) is 17.7 Å². The first-order chi connectivity index (χ1) is 12.4. The fraction of sp³-hybridized carbons (Fsp3) is 0.389. The number of aryl methyl sites for hydroxylation is 1. The van der Waals surface area contributed by atoms with Gasteiger partial charge in [-0.15, -0.1) is 0 Å². The molecule has 0 bridgehead atoms. The summed E-state index contributed by atoms with van der Waals surface area (Å²) in [6.45, 7) is 2.31. The number of benzene rings is 1. The minimum Gasteiger partial charge on any atom is -0.383 e. The Labute approximate surface area is 150 Å². The number of H-pyrrole nitrogens is 1. The van der Waals surface area contributed by atoms with Gasteiger partial charge in [-0.1, -0.05) is 31.5 Å². The molecule has 0 aliphatic heterocycles. The number of nitrogen functional groups attached to an aromatic ring is 1. The number of carbonyl (C=O) groups is 1. The topological polar surface area (TPSA) is 101 Å². The highest BCUT2D eigenvalue weighted by Crippen LogP contribution is 2.17. The zero-order chi connectivity index (χ0) is 19.3. The zero-order valence-corrected chi connectivity index (χ0v) is 14.9. The van der Waals surface area contributed by atoms with E-state index in [1.807, 2.05) is 6.92 Å². The van der Waals surface area contributed by atoms with E-state index in [2.05, 4.69) is 4.98 Å². The monoisotopic (exact) mass is 362 g/mol. The Morgan fingerprint density at radius 2 is 2.00 bits per heavy atom. The SMILES string of the molecule is CCCCn1c(N)c(N(C)C(=O)CCc2ccccc2F)c(=O)[nH]c1=O. The zero-order valence-electron chi connectivity index (χ0n) is 14.9. The van der Waals surface area contributed by atoms with E-state index in [9.17, 15) is 18.8 Å². The van der Waals surface area contributed by atoms with Crippen molar-refractivity contribution in [3.8, 4) is 0 Å². The largest absolute Gasteiger partial charge is 0.383 e. The molecular weight excluding hydrogens is 339 g/mol. The highest BCUT2D eigenvalue weighted by molar-refractivity contribution is 5.95. The van der Waals surface area contributed by atoms with Crippen molar-refractivity contribution in [3.05, 3.63) is 56.5 Å². The fourth-order valence-corrected chi connectivity index (χ4v) is 2.67. The first-order valence-corrected chi connectivity index (χ1v) is 8.49. The van der Waals surface area contributed by atoms with Crippen LogP contribution in [0.2, 0.25) is 0 Å². The molecular formula is C18H23FN4O3. The number of unbranched alkanes of at least 4 members (excludes halogenated alkanes) is 1. The molecule has 1 aromatic heterocycles. The van der Waals surface area contributed by atoms with E-state index in [-0.39, 0.29) is 30.2 Å². The van der Waals surface area contributed by atoms with E-state index in [0.717, 1.165) is 11.3 Å². The van der Waals surface area contributed by atoms with Gasteiger partial charge in [0.15, 0.2) is 5.69 Å². The highest BCUT2D eigenvalue weighted by Gasteiger charge is 2.20. The van der Waals surface area contributed by atoms with E-state index in [4.69, 9.17) is 5.73 Å². The van der Waals surface area contributed by atoms with Gasteiger partial charge in [0.2, 0.25) is 5.91 Å². The van der Waals surface area contributed by atoms with E-state index in [1.54, 1.807) is 18.2 Å². The summed E-state index contributed by atoms with van der Waals surface area (Å²) in [5.41, 5.74) is 5.01. The van der Waals surface area contributed by atoms with Crippen molar-refractivity contribution in [3.63, 3.8) is 0 Å². The molecule has 2 rings (SSSR count). The smallest absolute Gasteiger partial charge is 0.330 e. The third-order valence-electron chi connectivity index (χ3n) is 4.22. The maximum atomic E-state index is 13.7. The molecule has 0 atom stereocenters. The summed E-state index contributed by atoms with van der Waals surface area (Å²) in [4.78, 5) is 39.9. The van der Waals surface area contributed by atoms with Crippen LogP contribution in [-0.4, -0.2) is 22.5 Å². The Morgan fingerprint density at radius 1 is 1.31 bits per heavy atom. The molecule has 1 heterocycles. The summed E-state index contributed by atoms with van der Waals surface area (Å²) < 4.78 is 14.9. The minimum absolute atomic E-state index is 0.00436. The molecule has 140 valence electrons. The van der Waals surface area contributed by atoms with Gasteiger partial charge >= 0.3 is 5.69 Å². The van der Waals surface area contributed by atoms with Gasteiger partial charge in [0, 0.05) is 20.0 Å². The number of amides is 1. The van der Waals surface area contributed by atoms with Gasteiger partial charge in [-0.25, -0.2) is 9.18 Å². The summed E-state index contributed by atoms with van der Waals surface area (Å²) in [5, 5.41) is 0. The van der Waals surface area contributed by atoms with E-state index < -0.39 is 17.2 Å². The van der Waals surface area contributed by atoms with Gasteiger partial charge in [0.05, 0.1) is 0 Å². The van der Waals surface area contributed by atoms with Gasteiger partial charge in [-0.2, -0.15) is 0 Å². The lowest BCUT2D eigenvalue weighted by molar-refractivity contribution is -0.118. The number of rotatable bonds is 7. The van der Waals surface area contributed by atoms with Crippen LogP contribution in [0.15, 0.2) is 33.9 Å². The number of aromatic amines is 1. The maximum absolute atomic E-state index is 13.7. The molecule has 0 unspecified atom stereocenters. The van der Waals surface area contributed by atoms with Crippen LogP contribution >= 0.6 is 0 Å². The average molecular weight is 362 g/mol. The molecule has 26 heavy (non-hydrogen) atoms. The Kier molecular flexibility index (Phi) is 6.32. The first-order valence-electron chi connectivity index (χ1n) is 8.49. The molecule has 0 spiro atoms. The van der Waals surface area contributed by atoms with Crippen LogP contribution in [0.4, 0.5) is 15.9 Å². The summed E-state index contributed by atoms with van der Waals surface area (Å²) in [7, 11) is 1.42. The van der Waals surface area contributed by atoms with Crippen molar-refractivity contribution in [1.29, 1.82) is 0 Å². The molecule has 0 aliphatic carbocycles. The molecule has 2 aromatic rings. The first kappa shape index (κ1) is 19.4. The van der Waals surface area contributed by atoms with Crippen LogP contribution in [0.5, 0.6) is 0 Å². The number of nitrogens with two attached hydrogens (primary N) is 1. The minimum atomic E-state index is -0.720. The molecule has 0 saturated carbocycles. The highest BCUT2D eigenvalue weighted by atomic mass is 19.1. The standard InChI is InChI=1S/C18H23FN4O3/c1-3-4-11-23-16(20)15(17(25)21-18(23)26)22(2)14(24)10-9-12-7-5-6-8-13(12)19/h5-8H,3-4,9-11,20H2,1-2H3,(H,21,25,26). The molecule has 1 aromatic carbocycles. The lowest BCUT2D eigenvalue weighted by Crippen LogP contribution is -2.39. The molecule has 0 fully saturated rings. The van der Waals surface area contributed by atoms with E-state index in [0.29, 0.717) is 18.5 Å². The second-order valence-corrected chi connectivity index (χ2v) is 6.04. The van der Waals surface area contributed by atoms with Crippen molar-refractivity contribution in [2.45, 2.75) is 39.2 Å². The van der Waals surface area contributed by atoms with Crippen LogP contribution in [0.1, 0.15) is 31.7 Å². The van der Waals surface area contributed by atoms with Crippen LogP contribution in [0, 0.1) is 5.82 Å². The third-order valence-corrected chi connectivity index (χ3v) is 4.22. The number of anilines is 2. The Morgan fingerprint density at radius 3 is 2.65 bits per heavy atom. The van der Waals surface area contributed by atoms with Crippen LogP contribution < -0.4 is 21.9 Å². The van der Waals surface area contributed by atoms with Gasteiger partial charge in [-0.05, 0) is 24.5 Å². The number of hydrogen-bond acceptors (Lipinski definition) is 4. The second kappa shape index (κ2) is 8.46. The maximum Gasteiger partial charge on any atom is 0.330 e. The van der Waals surface area contributed by atoms with Crippen LogP contribution in [0.25, 0.3) is 0 Å². The Hall–Kier alpha value is -2.90. The fourth-order valence-electron chi connectivity index (χ4n) is 2.67. The number of hydrogen-bond donors (Lipinski definition) is 2. The summed E-state index contributed by atoms with van der Waals surface area (Å²) in [5.74, 6) is -0.825. The molecule has 3 N–H and O–H groups in total. The Balaban J connectivity index is 2.24. The third kappa shape index (κ3) is 4.19. The summed E-state index contributed by atoms with van der Waals surface area (Å²) >= 11 is 0. The lowest BCUT2D eigenvalue weighted by atomic mass is 10.1. The van der Waals surface area contributed by atoms with Gasteiger partial charge in [-0.3, -0.25) is 19.1 Å². The molecule has 0 aliphatic rings. The van der Waals surface area contributed by atoms with Gasteiger partial charge in [0.25, 0.3) is 5.56 Å². The number of aromatic nitrogens is 2. The summed E-state index contributed by atoms with van der Waals surface area (Å²) in [6.07, 6.45) is 1.76. The predicted molar refractivity (Wildman–Crippen MR) is 98.8 cm³/mol. The second-order valence-electron chi connectivity index (χ2n) is 6.04.